The van der Waals surface area contributed by atoms with Crippen molar-refractivity contribution >= 4 is 5.97 Å². The molecule has 0 saturated heterocycles. The average Bonchev–Trinajstić information content (AvgIpc) is 3.02. The van der Waals surface area contributed by atoms with E-state index in [0.29, 0.717) is 12.2 Å². The minimum absolute atomic E-state index is 0.159. The Morgan fingerprint density at radius 2 is 1.24 bits per heavy atom. The number of aryl methyl sites for hydroxylation is 1. The van der Waals surface area contributed by atoms with E-state index in [2.05, 4.69) is 55.0 Å². The van der Waals surface area contributed by atoms with Crippen molar-refractivity contribution in [2.45, 2.75) is 130 Å². The van der Waals surface area contributed by atoms with Crippen molar-refractivity contribution in [1.29, 1.82) is 0 Å². The zero-order valence-corrected chi connectivity index (χ0v) is 26.6. The Morgan fingerprint density at radius 3 is 1.86 bits per heavy atom. The molecule has 3 rings (SSSR count). The molecule has 1 atom stereocenters. The molecule has 0 amide bonds. The minimum Gasteiger partial charge on any atom is -0.427 e. The smallest absolute Gasteiger partial charge is 0.311 e. The van der Waals surface area contributed by atoms with Gasteiger partial charge in [0.25, 0.3) is 0 Å². The fourth-order valence-corrected chi connectivity index (χ4v) is 5.30. The fourth-order valence-electron chi connectivity index (χ4n) is 5.30. The van der Waals surface area contributed by atoms with Crippen molar-refractivity contribution in [2.24, 2.45) is 5.92 Å². The number of esters is 1. The molecular weight excluding hydrogens is 516 g/mol. The molecule has 0 aliphatic heterocycles. The number of hydrogen-bond donors (Lipinski definition) is 0. The summed E-state index contributed by atoms with van der Waals surface area (Å²) in [4.78, 5) is 21.4. The van der Waals surface area contributed by atoms with Gasteiger partial charge < -0.3 is 4.74 Å². The van der Waals surface area contributed by atoms with Crippen LogP contribution in [-0.2, 0) is 11.2 Å². The van der Waals surface area contributed by atoms with Crippen LogP contribution >= 0.6 is 0 Å². The van der Waals surface area contributed by atoms with Gasteiger partial charge in [0.15, 0.2) is 5.82 Å². The van der Waals surface area contributed by atoms with E-state index in [1.165, 1.54) is 89.0 Å². The molecule has 0 bridgehead atoms. The van der Waals surface area contributed by atoms with Gasteiger partial charge in [0.1, 0.15) is 5.75 Å². The molecule has 0 aliphatic rings. The number of nitrogens with zero attached hydrogens (tertiary/aromatic N) is 2. The molecule has 0 aliphatic carbocycles. The van der Waals surface area contributed by atoms with Crippen molar-refractivity contribution in [2.75, 3.05) is 0 Å². The van der Waals surface area contributed by atoms with Crippen LogP contribution in [0.3, 0.4) is 0 Å². The maximum absolute atomic E-state index is 12.2. The van der Waals surface area contributed by atoms with Crippen LogP contribution in [0, 0.1) is 5.92 Å². The summed E-state index contributed by atoms with van der Waals surface area (Å²) in [6.45, 7) is 6.80. The Labute approximate surface area is 255 Å². The second-order valence-corrected chi connectivity index (χ2v) is 12.0. The predicted molar refractivity (Wildman–Crippen MR) is 177 cm³/mol. The van der Waals surface area contributed by atoms with Gasteiger partial charge in [0.2, 0.25) is 0 Å². The molecule has 4 heteroatoms. The molecule has 4 nitrogen and oxygen atoms in total. The quantitative estimate of drug-likeness (QED) is 0.0726. The molecule has 1 heterocycles. The lowest BCUT2D eigenvalue weighted by Crippen LogP contribution is -2.07. The Bertz CT molecular complexity index is 1120. The molecular formula is C38H54N2O2. The summed E-state index contributed by atoms with van der Waals surface area (Å²) in [5.41, 5.74) is 4.36. The van der Waals surface area contributed by atoms with Crippen LogP contribution in [0.1, 0.15) is 129 Å². The van der Waals surface area contributed by atoms with Gasteiger partial charge in [-0.3, -0.25) is 4.79 Å². The number of benzene rings is 2. The molecule has 0 fully saturated rings. The second-order valence-electron chi connectivity index (χ2n) is 12.0. The van der Waals surface area contributed by atoms with E-state index < -0.39 is 0 Å². The molecule has 3 aromatic rings. The summed E-state index contributed by atoms with van der Waals surface area (Å²) in [5.74, 6) is 1.93. The number of carbonyl (C=O) groups is 1. The molecule has 42 heavy (non-hydrogen) atoms. The topological polar surface area (TPSA) is 52.1 Å². The van der Waals surface area contributed by atoms with E-state index in [-0.39, 0.29) is 5.97 Å². The standard InChI is InChI=1S/C38H54N2O2/c1-4-6-7-8-9-10-11-12-13-16-19-32-21-23-34(24-22-32)38-39-29-35(30-40-38)33-25-27-36(28-26-33)42-37(41)20-17-14-15-18-31(3)5-2/h21-31H,4-20H2,1-3H3. The molecule has 0 radical (unpaired) electrons. The first-order chi connectivity index (χ1) is 20.6. The number of aromatic nitrogens is 2. The lowest BCUT2D eigenvalue weighted by molar-refractivity contribution is -0.134. The van der Waals surface area contributed by atoms with Crippen molar-refractivity contribution in [3.05, 3.63) is 66.5 Å². The van der Waals surface area contributed by atoms with E-state index >= 15 is 0 Å². The summed E-state index contributed by atoms with van der Waals surface area (Å²) < 4.78 is 5.53. The summed E-state index contributed by atoms with van der Waals surface area (Å²) in [7, 11) is 0. The number of unbranched alkanes of at least 4 members (excludes halogenated alkanes) is 11. The third-order valence-corrected chi connectivity index (χ3v) is 8.38. The molecule has 0 saturated carbocycles. The highest BCUT2D eigenvalue weighted by molar-refractivity contribution is 5.73. The summed E-state index contributed by atoms with van der Waals surface area (Å²) >= 11 is 0. The lowest BCUT2D eigenvalue weighted by Gasteiger charge is -2.08. The third kappa shape index (κ3) is 12.9. The van der Waals surface area contributed by atoms with Gasteiger partial charge in [-0.2, -0.15) is 0 Å². The van der Waals surface area contributed by atoms with Gasteiger partial charge in [-0.25, -0.2) is 9.97 Å². The molecule has 0 N–H and O–H groups in total. The van der Waals surface area contributed by atoms with Gasteiger partial charge in [0.05, 0.1) is 0 Å². The average molecular weight is 571 g/mol. The monoisotopic (exact) mass is 570 g/mol. The maximum Gasteiger partial charge on any atom is 0.311 e. The third-order valence-electron chi connectivity index (χ3n) is 8.38. The van der Waals surface area contributed by atoms with Crippen LogP contribution in [0.25, 0.3) is 22.5 Å². The van der Waals surface area contributed by atoms with Crippen molar-refractivity contribution in [1.82, 2.24) is 9.97 Å². The summed E-state index contributed by atoms with van der Waals surface area (Å²) in [5, 5.41) is 0. The normalized spacial score (nSPS) is 11.9. The van der Waals surface area contributed by atoms with E-state index in [9.17, 15) is 4.79 Å². The van der Waals surface area contributed by atoms with Crippen molar-refractivity contribution < 1.29 is 9.53 Å². The van der Waals surface area contributed by atoms with Gasteiger partial charge in [-0.05, 0) is 48.4 Å². The largest absolute Gasteiger partial charge is 0.427 e. The van der Waals surface area contributed by atoms with E-state index in [4.69, 9.17) is 4.74 Å². The number of hydrogen-bond acceptors (Lipinski definition) is 4. The van der Waals surface area contributed by atoms with Gasteiger partial charge in [0, 0.05) is 29.9 Å². The number of rotatable bonds is 21. The van der Waals surface area contributed by atoms with Crippen LogP contribution in [-0.4, -0.2) is 15.9 Å². The molecule has 0 spiro atoms. The summed E-state index contributed by atoms with van der Waals surface area (Å²) in [6, 6.07) is 16.3. The number of carbonyl (C=O) groups excluding carboxylic acids is 1. The van der Waals surface area contributed by atoms with Gasteiger partial charge in [-0.15, -0.1) is 0 Å². The first-order valence-electron chi connectivity index (χ1n) is 16.8. The molecule has 2 aromatic carbocycles. The Balaban J connectivity index is 1.36. The van der Waals surface area contributed by atoms with Gasteiger partial charge >= 0.3 is 5.97 Å². The van der Waals surface area contributed by atoms with E-state index in [1.54, 1.807) is 0 Å². The molecule has 228 valence electrons. The highest BCUT2D eigenvalue weighted by Crippen LogP contribution is 2.24. The Hall–Kier alpha value is -3.01. The first kappa shape index (κ1) is 33.5. The van der Waals surface area contributed by atoms with Crippen molar-refractivity contribution in [3.63, 3.8) is 0 Å². The minimum atomic E-state index is -0.159. The molecule has 1 unspecified atom stereocenters. The highest BCUT2D eigenvalue weighted by Gasteiger charge is 2.08. The Morgan fingerprint density at radius 1 is 0.667 bits per heavy atom. The maximum atomic E-state index is 12.2. The zero-order valence-electron chi connectivity index (χ0n) is 26.6. The van der Waals surface area contributed by atoms with Crippen LogP contribution in [0.5, 0.6) is 5.75 Å². The van der Waals surface area contributed by atoms with Crippen LogP contribution in [0.15, 0.2) is 60.9 Å². The molecule has 1 aromatic heterocycles. The van der Waals surface area contributed by atoms with Gasteiger partial charge in [-0.1, -0.05) is 141 Å². The SMILES string of the molecule is CCCCCCCCCCCCc1ccc(-c2ncc(-c3ccc(OC(=O)CCCCCC(C)CC)cc3)cn2)cc1. The van der Waals surface area contributed by atoms with Crippen LogP contribution < -0.4 is 4.74 Å². The highest BCUT2D eigenvalue weighted by atomic mass is 16.5. The fraction of sp³-hybridized carbons (Fsp3) is 0.553. The Kier molecular flexibility index (Phi) is 15.9. The lowest BCUT2D eigenvalue weighted by atomic mass is 10.0. The van der Waals surface area contributed by atoms with Crippen LogP contribution in [0.2, 0.25) is 0 Å². The predicted octanol–water partition coefficient (Wildman–Crippen LogP) is 11.2. The second kappa shape index (κ2) is 20.0. The summed E-state index contributed by atoms with van der Waals surface area (Å²) in [6.07, 6.45) is 24.6. The van der Waals surface area contributed by atoms with Crippen molar-refractivity contribution in [3.8, 4) is 28.3 Å². The van der Waals surface area contributed by atoms with E-state index in [1.807, 2.05) is 36.7 Å². The number of ether oxygens (including phenoxy) is 1. The zero-order chi connectivity index (χ0) is 29.8. The van der Waals surface area contributed by atoms with Crippen LogP contribution in [0.4, 0.5) is 0 Å². The van der Waals surface area contributed by atoms with E-state index in [0.717, 1.165) is 47.7 Å². The first-order valence-corrected chi connectivity index (χ1v) is 16.8.